The smallest absolute Gasteiger partial charge is 0.251 e. The Bertz CT molecular complexity index is 585. The van der Waals surface area contributed by atoms with Crippen molar-refractivity contribution in [2.24, 2.45) is 0 Å². The van der Waals surface area contributed by atoms with Crippen molar-refractivity contribution < 1.29 is 9.53 Å². The van der Waals surface area contributed by atoms with E-state index in [1.54, 1.807) is 37.7 Å². The highest BCUT2D eigenvalue weighted by Gasteiger charge is 2.13. The summed E-state index contributed by atoms with van der Waals surface area (Å²) in [5, 5.41) is 2.90. The summed E-state index contributed by atoms with van der Waals surface area (Å²) < 4.78 is 5.07. The summed E-state index contributed by atoms with van der Waals surface area (Å²) >= 11 is 5.71. The van der Waals surface area contributed by atoms with Crippen LogP contribution < -0.4 is 5.32 Å². The van der Waals surface area contributed by atoms with Crippen LogP contribution in [0, 0.1) is 0 Å². The zero-order valence-corrected chi connectivity index (χ0v) is 11.9. The molecule has 2 rings (SSSR count). The van der Waals surface area contributed by atoms with Gasteiger partial charge in [-0.15, -0.1) is 11.6 Å². The second-order valence-electron chi connectivity index (χ2n) is 4.36. The average Bonchev–Trinajstić information content (AvgIpc) is 2.47. The summed E-state index contributed by atoms with van der Waals surface area (Å²) in [7, 11) is 1.60. The number of halogens is 1. The number of fused-ring (bicyclic) bond motifs is 1. The number of nitrogens with one attached hydrogen (secondary N) is 1. The van der Waals surface area contributed by atoms with Gasteiger partial charge in [0, 0.05) is 30.9 Å². The van der Waals surface area contributed by atoms with Crippen molar-refractivity contribution in [3.63, 3.8) is 0 Å². The molecule has 1 atom stereocenters. The van der Waals surface area contributed by atoms with Gasteiger partial charge in [0.15, 0.2) is 0 Å². The Morgan fingerprint density at radius 2 is 2.10 bits per heavy atom. The van der Waals surface area contributed by atoms with Crippen LogP contribution in [0.4, 0.5) is 0 Å². The van der Waals surface area contributed by atoms with Gasteiger partial charge >= 0.3 is 0 Å². The van der Waals surface area contributed by atoms with Crippen molar-refractivity contribution in [3.8, 4) is 0 Å². The molecule has 5 nitrogen and oxygen atoms in total. The van der Waals surface area contributed by atoms with Crippen LogP contribution in [0.3, 0.4) is 0 Å². The van der Waals surface area contributed by atoms with Gasteiger partial charge in [-0.3, -0.25) is 14.8 Å². The second kappa shape index (κ2) is 7.17. The Kier molecular flexibility index (Phi) is 5.26. The number of alkyl halides is 1. The van der Waals surface area contributed by atoms with E-state index in [2.05, 4.69) is 15.3 Å². The van der Waals surface area contributed by atoms with Crippen molar-refractivity contribution in [2.45, 2.75) is 12.5 Å². The first-order valence-electron chi connectivity index (χ1n) is 6.31. The van der Waals surface area contributed by atoms with E-state index in [4.69, 9.17) is 16.3 Å². The molecule has 1 aromatic carbocycles. The predicted octanol–water partition coefficient (Wildman–Crippen LogP) is 2.00. The number of methoxy groups -OCH3 is 1. The molecule has 1 unspecified atom stereocenters. The topological polar surface area (TPSA) is 64.1 Å². The second-order valence-corrected chi connectivity index (χ2v) is 4.74. The Morgan fingerprint density at radius 1 is 1.35 bits per heavy atom. The molecule has 0 spiro atoms. The molecule has 6 heteroatoms. The Balaban J connectivity index is 2.13. The highest BCUT2D eigenvalue weighted by molar-refractivity contribution is 6.17. The summed E-state index contributed by atoms with van der Waals surface area (Å²) in [6.45, 7) is 0.436. The van der Waals surface area contributed by atoms with E-state index in [1.807, 2.05) is 0 Å². The lowest BCUT2D eigenvalue weighted by Gasteiger charge is -2.16. The van der Waals surface area contributed by atoms with E-state index in [-0.39, 0.29) is 11.9 Å². The van der Waals surface area contributed by atoms with Crippen LogP contribution in [0.2, 0.25) is 0 Å². The fourth-order valence-electron chi connectivity index (χ4n) is 1.90. The molecule has 0 saturated carbocycles. The molecule has 0 saturated heterocycles. The quantitative estimate of drug-likeness (QED) is 0.828. The third kappa shape index (κ3) is 3.65. The number of carbonyl (C=O) groups is 1. The van der Waals surface area contributed by atoms with E-state index in [0.29, 0.717) is 30.0 Å². The fourth-order valence-corrected chi connectivity index (χ4v) is 2.17. The van der Waals surface area contributed by atoms with E-state index in [0.717, 1.165) is 5.52 Å². The van der Waals surface area contributed by atoms with Crippen LogP contribution in [0.5, 0.6) is 0 Å². The van der Waals surface area contributed by atoms with Gasteiger partial charge in [0.05, 0.1) is 23.7 Å². The van der Waals surface area contributed by atoms with Crippen LogP contribution in [-0.4, -0.2) is 41.5 Å². The van der Waals surface area contributed by atoms with Gasteiger partial charge < -0.3 is 10.1 Å². The maximum absolute atomic E-state index is 12.2. The van der Waals surface area contributed by atoms with E-state index < -0.39 is 0 Å². The number of carbonyl (C=O) groups excluding carboxylic acids is 1. The maximum atomic E-state index is 12.2. The molecule has 20 heavy (non-hydrogen) atoms. The lowest BCUT2D eigenvalue weighted by molar-refractivity contribution is 0.0895. The van der Waals surface area contributed by atoms with Gasteiger partial charge in [0.2, 0.25) is 0 Å². The van der Waals surface area contributed by atoms with Crippen molar-refractivity contribution in [3.05, 3.63) is 36.2 Å². The minimum Gasteiger partial charge on any atom is -0.383 e. The minimum absolute atomic E-state index is 0.0949. The average molecular weight is 294 g/mol. The Morgan fingerprint density at radius 3 is 2.80 bits per heavy atom. The molecule has 0 radical (unpaired) electrons. The number of hydrogen-bond acceptors (Lipinski definition) is 4. The number of nitrogens with zero attached hydrogens (tertiary/aromatic N) is 2. The van der Waals surface area contributed by atoms with E-state index >= 15 is 0 Å². The molecule has 106 valence electrons. The molecule has 2 aromatic rings. The van der Waals surface area contributed by atoms with E-state index in [1.165, 1.54) is 0 Å². The zero-order valence-electron chi connectivity index (χ0n) is 11.2. The van der Waals surface area contributed by atoms with E-state index in [9.17, 15) is 4.79 Å². The van der Waals surface area contributed by atoms with Crippen molar-refractivity contribution in [1.82, 2.24) is 15.3 Å². The normalized spacial score (nSPS) is 12.3. The van der Waals surface area contributed by atoms with Gasteiger partial charge in [0.1, 0.15) is 0 Å². The molecule has 1 aromatic heterocycles. The van der Waals surface area contributed by atoms with Gasteiger partial charge in [-0.25, -0.2) is 0 Å². The van der Waals surface area contributed by atoms with Gasteiger partial charge in [0.25, 0.3) is 5.91 Å². The number of rotatable bonds is 6. The number of amides is 1. The molecule has 0 aliphatic rings. The molecule has 1 heterocycles. The third-order valence-corrected chi connectivity index (χ3v) is 3.11. The van der Waals surface area contributed by atoms with Crippen molar-refractivity contribution >= 4 is 28.5 Å². The number of aromatic nitrogens is 2. The molecule has 0 aliphatic heterocycles. The molecule has 0 aliphatic carbocycles. The van der Waals surface area contributed by atoms with Crippen molar-refractivity contribution in [1.29, 1.82) is 0 Å². The maximum Gasteiger partial charge on any atom is 0.251 e. The number of ether oxygens (including phenoxy) is 1. The molecular formula is C14H16ClN3O2. The Labute approximate surface area is 122 Å². The molecule has 0 bridgehead atoms. The lowest BCUT2D eigenvalue weighted by Crippen LogP contribution is -2.38. The van der Waals surface area contributed by atoms with Crippen LogP contribution in [0.25, 0.3) is 11.0 Å². The Hall–Kier alpha value is -1.72. The summed E-state index contributed by atoms with van der Waals surface area (Å²) in [6, 6.07) is 5.14. The SMILES string of the molecule is COCC(CCCl)NC(=O)c1ccc2nccnc2c1. The molecule has 1 N–H and O–H groups in total. The van der Waals surface area contributed by atoms with Crippen LogP contribution >= 0.6 is 11.6 Å². The number of benzene rings is 1. The summed E-state index contributed by atoms with van der Waals surface area (Å²) in [6.07, 6.45) is 3.89. The van der Waals surface area contributed by atoms with Gasteiger partial charge in [-0.2, -0.15) is 0 Å². The van der Waals surface area contributed by atoms with Gasteiger partial charge in [-0.1, -0.05) is 0 Å². The fraction of sp³-hybridized carbons (Fsp3) is 0.357. The standard InChI is InChI=1S/C14H16ClN3O2/c1-20-9-11(4-5-15)18-14(19)10-2-3-12-13(8-10)17-7-6-16-12/h2-3,6-8,11H,4-5,9H2,1H3,(H,18,19). The summed E-state index contributed by atoms with van der Waals surface area (Å²) in [4.78, 5) is 20.5. The third-order valence-electron chi connectivity index (χ3n) is 2.89. The highest BCUT2D eigenvalue weighted by Crippen LogP contribution is 2.11. The van der Waals surface area contributed by atoms with Gasteiger partial charge in [-0.05, 0) is 24.6 Å². The van der Waals surface area contributed by atoms with Crippen LogP contribution in [0.1, 0.15) is 16.8 Å². The first-order chi connectivity index (χ1) is 9.74. The summed E-state index contributed by atoms with van der Waals surface area (Å²) in [5.41, 5.74) is 2.01. The van der Waals surface area contributed by atoms with Crippen LogP contribution in [-0.2, 0) is 4.74 Å². The monoisotopic (exact) mass is 293 g/mol. The number of hydrogen-bond donors (Lipinski definition) is 1. The minimum atomic E-state index is -0.162. The highest BCUT2D eigenvalue weighted by atomic mass is 35.5. The van der Waals surface area contributed by atoms with Crippen molar-refractivity contribution in [2.75, 3.05) is 19.6 Å². The predicted molar refractivity (Wildman–Crippen MR) is 78.0 cm³/mol. The molecular weight excluding hydrogens is 278 g/mol. The first-order valence-corrected chi connectivity index (χ1v) is 6.84. The lowest BCUT2D eigenvalue weighted by atomic mass is 10.1. The first kappa shape index (κ1) is 14.7. The largest absolute Gasteiger partial charge is 0.383 e. The van der Waals surface area contributed by atoms with Crippen LogP contribution in [0.15, 0.2) is 30.6 Å². The molecule has 0 fully saturated rings. The summed E-state index contributed by atoms with van der Waals surface area (Å²) in [5.74, 6) is 0.307. The molecule has 1 amide bonds. The zero-order chi connectivity index (χ0) is 14.4.